The van der Waals surface area contributed by atoms with Gasteiger partial charge >= 0.3 is 0 Å². The highest BCUT2D eigenvalue weighted by molar-refractivity contribution is 5.81. The standard InChI is InChI=1S/C17H34N4O2/c1-15(21-12-10-20(3)11-13-21)17(22)18-7-4-14-23-16-5-8-19(2)9-6-16/h15-16H,4-14H2,1-3H3,(H,18,22)/t15-/m0/s1. The van der Waals surface area contributed by atoms with Crippen LogP contribution in [0.25, 0.3) is 0 Å². The molecular formula is C17H34N4O2. The normalized spacial score (nSPS) is 23.8. The zero-order valence-corrected chi connectivity index (χ0v) is 15.1. The lowest BCUT2D eigenvalue weighted by Crippen LogP contribution is -2.53. The summed E-state index contributed by atoms with van der Waals surface area (Å²) >= 11 is 0. The minimum absolute atomic E-state index is 0.0292. The van der Waals surface area contributed by atoms with Crippen molar-refractivity contribution >= 4 is 5.91 Å². The predicted molar refractivity (Wildman–Crippen MR) is 92.6 cm³/mol. The number of piperazine rings is 1. The summed E-state index contributed by atoms with van der Waals surface area (Å²) in [6.45, 7) is 9.77. The number of likely N-dealkylation sites (tertiary alicyclic amines) is 1. The van der Waals surface area contributed by atoms with Crippen LogP contribution in [-0.2, 0) is 9.53 Å². The van der Waals surface area contributed by atoms with Gasteiger partial charge in [0, 0.05) is 52.4 Å². The van der Waals surface area contributed by atoms with Crippen LogP contribution in [0.4, 0.5) is 0 Å². The molecule has 1 atom stereocenters. The molecule has 2 rings (SSSR count). The number of hydrogen-bond donors (Lipinski definition) is 1. The average Bonchev–Trinajstić information content (AvgIpc) is 2.56. The van der Waals surface area contributed by atoms with Gasteiger partial charge < -0.3 is 19.9 Å². The summed E-state index contributed by atoms with van der Waals surface area (Å²) in [6, 6.07) is -0.0292. The monoisotopic (exact) mass is 326 g/mol. The maximum Gasteiger partial charge on any atom is 0.237 e. The molecular weight excluding hydrogens is 292 g/mol. The van der Waals surface area contributed by atoms with Crippen molar-refractivity contribution < 1.29 is 9.53 Å². The molecule has 0 aromatic heterocycles. The van der Waals surface area contributed by atoms with Crippen molar-refractivity contribution in [1.82, 2.24) is 20.0 Å². The SMILES string of the molecule is C[C@@H](C(=O)NCCCOC1CCN(C)CC1)N1CCN(C)CC1. The van der Waals surface area contributed by atoms with Crippen LogP contribution in [0.2, 0.25) is 0 Å². The largest absolute Gasteiger partial charge is 0.378 e. The minimum Gasteiger partial charge on any atom is -0.378 e. The van der Waals surface area contributed by atoms with Gasteiger partial charge in [-0.1, -0.05) is 0 Å². The molecule has 0 aliphatic carbocycles. The van der Waals surface area contributed by atoms with Crippen LogP contribution in [0.5, 0.6) is 0 Å². The van der Waals surface area contributed by atoms with Crippen LogP contribution in [0.3, 0.4) is 0 Å². The summed E-state index contributed by atoms with van der Waals surface area (Å²) in [6.07, 6.45) is 3.56. The molecule has 2 aliphatic rings. The first-order valence-electron chi connectivity index (χ1n) is 9.06. The van der Waals surface area contributed by atoms with E-state index in [1.807, 2.05) is 6.92 Å². The molecule has 1 N–H and O–H groups in total. The second-order valence-corrected chi connectivity index (χ2v) is 7.03. The third-order valence-electron chi connectivity index (χ3n) is 5.10. The van der Waals surface area contributed by atoms with Gasteiger partial charge in [-0.2, -0.15) is 0 Å². The van der Waals surface area contributed by atoms with Crippen molar-refractivity contribution in [2.24, 2.45) is 0 Å². The first-order valence-corrected chi connectivity index (χ1v) is 9.06. The molecule has 23 heavy (non-hydrogen) atoms. The molecule has 0 bridgehead atoms. The van der Waals surface area contributed by atoms with Gasteiger partial charge in [0.05, 0.1) is 12.1 Å². The van der Waals surface area contributed by atoms with E-state index >= 15 is 0 Å². The van der Waals surface area contributed by atoms with E-state index < -0.39 is 0 Å². The van der Waals surface area contributed by atoms with Gasteiger partial charge in [0.25, 0.3) is 0 Å². The van der Waals surface area contributed by atoms with Gasteiger partial charge in [0.1, 0.15) is 0 Å². The lowest BCUT2D eigenvalue weighted by molar-refractivity contribution is -0.126. The third-order valence-corrected chi connectivity index (χ3v) is 5.10. The number of carbonyl (C=O) groups excluding carboxylic acids is 1. The van der Waals surface area contributed by atoms with Crippen LogP contribution in [0.1, 0.15) is 26.2 Å². The molecule has 6 nitrogen and oxygen atoms in total. The van der Waals surface area contributed by atoms with E-state index in [1.54, 1.807) is 0 Å². The third kappa shape index (κ3) is 6.37. The van der Waals surface area contributed by atoms with Crippen LogP contribution >= 0.6 is 0 Å². The van der Waals surface area contributed by atoms with Gasteiger partial charge in [-0.15, -0.1) is 0 Å². The lowest BCUT2D eigenvalue weighted by Gasteiger charge is -2.35. The van der Waals surface area contributed by atoms with Crippen molar-refractivity contribution in [3.8, 4) is 0 Å². The number of likely N-dealkylation sites (N-methyl/N-ethyl adjacent to an activating group) is 1. The second kappa shape index (κ2) is 9.57. The van der Waals surface area contributed by atoms with Gasteiger partial charge in [-0.05, 0) is 40.3 Å². The van der Waals surface area contributed by atoms with Crippen molar-refractivity contribution in [2.45, 2.75) is 38.3 Å². The molecule has 0 aromatic carbocycles. The van der Waals surface area contributed by atoms with Crippen LogP contribution < -0.4 is 5.32 Å². The highest BCUT2D eigenvalue weighted by Gasteiger charge is 2.24. The summed E-state index contributed by atoms with van der Waals surface area (Å²) in [5.41, 5.74) is 0. The smallest absolute Gasteiger partial charge is 0.237 e. The van der Waals surface area contributed by atoms with Gasteiger partial charge in [-0.25, -0.2) is 0 Å². The van der Waals surface area contributed by atoms with Crippen molar-refractivity contribution in [1.29, 1.82) is 0 Å². The number of nitrogens with zero attached hydrogens (tertiary/aromatic N) is 3. The molecule has 2 saturated heterocycles. The average molecular weight is 326 g/mol. The lowest BCUT2D eigenvalue weighted by atomic mass is 10.1. The minimum atomic E-state index is -0.0292. The van der Waals surface area contributed by atoms with E-state index in [1.165, 1.54) is 0 Å². The number of piperidine rings is 1. The van der Waals surface area contributed by atoms with E-state index in [2.05, 4.69) is 34.1 Å². The van der Waals surface area contributed by atoms with Crippen molar-refractivity contribution in [2.75, 3.05) is 66.5 Å². The molecule has 2 aliphatic heterocycles. The van der Waals surface area contributed by atoms with Gasteiger partial charge in [0.2, 0.25) is 5.91 Å². The topological polar surface area (TPSA) is 48.1 Å². The maximum absolute atomic E-state index is 12.2. The fourth-order valence-corrected chi connectivity index (χ4v) is 3.21. The Labute approximate surface area is 141 Å². The van der Waals surface area contributed by atoms with Gasteiger partial charge in [0.15, 0.2) is 0 Å². The Bertz CT molecular complexity index is 351. The first-order chi connectivity index (χ1) is 11.1. The Balaban J connectivity index is 1.52. The summed E-state index contributed by atoms with van der Waals surface area (Å²) in [5, 5.41) is 3.05. The van der Waals surface area contributed by atoms with E-state index in [9.17, 15) is 4.79 Å². The zero-order chi connectivity index (χ0) is 16.7. The van der Waals surface area contributed by atoms with E-state index in [4.69, 9.17) is 4.74 Å². The van der Waals surface area contributed by atoms with Crippen LogP contribution in [0.15, 0.2) is 0 Å². The van der Waals surface area contributed by atoms with E-state index in [0.29, 0.717) is 12.6 Å². The Kier molecular flexibility index (Phi) is 7.76. The maximum atomic E-state index is 12.2. The zero-order valence-electron chi connectivity index (χ0n) is 15.1. The fraction of sp³-hybridized carbons (Fsp3) is 0.941. The summed E-state index contributed by atoms with van der Waals surface area (Å²) < 4.78 is 5.91. The Hall–Kier alpha value is -0.690. The first kappa shape index (κ1) is 18.6. The molecule has 0 aromatic rings. The molecule has 1 amide bonds. The highest BCUT2D eigenvalue weighted by Crippen LogP contribution is 2.12. The number of nitrogens with one attached hydrogen (secondary N) is 1. The summed E-state index contributed by atoms with van der Waals surface area (Å²) in [7, 11) is 4.29. The molecule has 0 spiro atoms. The molecule has 0 radical (unpaired) electrons. The van der Waals surface area contributed by atoms with Crippen LogP contribution in [0, 0.1) is 0 Å². The summed E-state index contributed by atoms with van der Waals surface area (Å²) in [5.74, 6) is 0.147. The number of rotatable bonds is 7. The molecule has 134 valence electrons. The van der Waals surface area contributed by atoms with Gasteiger partial charge in [-0.3, -0.25) is 9.69 Å². The molecule has 2 fully saturated rings. The fourth-order valence-electron chi connectivity index (χ4n) is 3.21. The quantitative estimate of drug-likeness (QED) is 0.679. The number of ether oxygens (including phenoxy) is 1. The number of amides is 1. The Morgan fingerprint density at radius 3 is 2.35 bits per heavy atom. The number of hydrogen-bond acceptors (Lipinski definition) is 5. The van der Waals surface area contributed by atoms with E-state index in [0.717, 1.165) is 65.1 Å². The number of carbonyl (C=O) groups is 1. The summed E-state index contributed by atoms with van der Waals surface area (Å²) in [4.78, 5) is 19.1. The highest BCUT2D eigenvalue weighted by atomic mass is 16.5. The van der Waals surface area contributed by atoms with Crippen molar-refractivity contribution in [3.05, 3.63) is 0 Å². The Morgan fingerprint density at radius 1 is 1.09 bits per heavy atom. The predicted octanol–water partition coefficient (Wildman–Crippen LogP) is 0.239. The molecule has 2 heterocycles. The van der Waals surface area contributed by atoms with E-state index in [-0.39, 0.29) is 11.9 Å². The molecule has 6 heteroatoms. The molecule has 0 unspecified atom stereocenters. The van der Waals surface area contributed by atoms with Crippen LogP contribution in [-0.4, -0.2) is 99.3 Å². The van der Waals surface area contributed by atoms with Crippen molar-refractivity contribution in [3.63, 3.8) is 0 Å². The second-order valence-electron chi connectivity index (χ2n) is 7.03. The Morgan fingerprint density at radius 2 is 1.70 bits per heavy atom. The molecule has 0 saturated carbocycles.